The Morgan fingerprint density at radius 2 is 1.85 bits per heavy atom. The summed E-state index contributed by atoms with van der Waals surface area (Å²) in [6.07, 6.45) is 5.97. The molecule has 3 rings (SSSR count). The van der Waals surface area contributed by atoms with Gasteiger partial charge in [-0.2, -0.15) is 0 Å². The van der Waals surface area contributed by atoms with E-state index in [1.807, 2.05) is 42.2 Å². The fraction of sp³-hybridized carbons (Fsp3) is 0.364. The highest BCUT2D eigenvalue weighted by Gasteiger charge is 2.26. The molecule has 0 atom stereocenters. The zero-order valence-electron chi connectivity index (χ0n) is 15.3. The first-order chi connectivity index (χ1) is 12.7. The van der Waals surface area contributed by atoms with Crippen LogP contribution in [0.4, 0.5) is 0 Å². The summed E-state index contributed by atoms with van der Waals surface area (Å²) in [5.41, 5.74) is 1.05. The second kappa shape index (κ2) is 8.65. The van der Waals surface area contributed by atoms with Crippen molar-refractivity contribution < 1.29 is 9.59 Å². The molecule has 2 aromatic rings. The van der Waals surface area contributed by atoms with E-state index in [1.54, 1.807) is 6.08 Å². The molecule has 0 saturated carbocycles. The maximum absolute atomic E-state index is 12.5. The predicted molar refractivity (Wildman–Crippen MR) is 106 cm³/mol. The van der Waals surface area contributed by atoms with Crippen molar-refractivity contribution in [2.45, 2.75) is 26.2 Å². The number of benzene rings is 2. The van der Waals surface area contributed by atoms with Gasteiger partial charge in [0.15, 0.2) is 0 Å². The van der Waals surface area contributed by atoms with Crippen LogP contribution in [0.2, 0.25) is 0 Å². The van der Waals surface area contributed by atoms with Gasteiger partial charge in [-0.1, -0.05) is 49.4 Å². The number of carbonyl (C=O) groups excluding carboxylic acids is 2. The Balaban J connectivity index is 1.59. The summed E-state index contributed by atoms with van der Waals surface area (Å²) in [7, 11) is 0. The second-order valence-electron chi connectivity index (χ2n) is 6.79. The third kappa shape index (κ3) is 4.31. The molecule has 0 spiro atoms. The van der Waals surface area contributed by atoms with Gasteiger partial charge < -0.3 is 10.2 Å². The van der Waals surface area contributed by atoms with Crippen molar-refractivity contribution in [3.05, 3.63) is 54.1 Å². The quantitative estimate of drug-likeness (QED) is 0.838. The number of rotatable bonds is 5. The third-order valence-electron chi connectivity index (χ3n) is 4.96. The summed E-state index contributed by atoms with van der Waals surface area (Å²) in [5.74, 6) is 0.184. The van der Waals surface area contributed by atoms with Crippen LogP contribution in [-0.2, 0) is 9.59 Å². The van der Waals surface area contributed by atoms with Gasteiger partial charge >= 0.3 is 0 Å². The van der Waals surface area contributed by atoms with Gasteiger partial charge in [-0.15, -0.1) is 0 Å². The highest BCUT2D eigenvalue weighted by atomic mass is 16.2. The molecule has 0 aromatic heterocycles. The van der Waals surface area contributed by atoms with Crippen molar-refractivity contribution in [2.24, 2.45) is 5.92 Å². The van der Waals surface area contributed by atoms with Gasteiger partial charge in [-0.3, -0.25) is 9.59 Å². The molecule has 1 aliphatic heterocycles. The molecule has 2 aromatic carbocycles. The Bertz CT molecular complexity index is 799. The molecular formula is C22H26N2O2. The van der Waals surface area contributed by atoms with E-state index >= 15 is 0 Å². The average molecular weight is 350 g/mol. The molecule has 0 radical (unpaired) electrons. The van der Waals surface area contributed by atoms with Gasteiger partial charge in [0.25, 0.3) is 0 Å². The number of hydrogen-bond acceptors (Lipinski definition) is 2. The highest BCUT2D eigenvalue weighted by molar-refractivity contribution is 5.96. The van der Waals surface area contributed by atoms with E-state index in [0.717, 1.165) is 36.8 Å². The summed E-state index contributed by atoms with van der Waals surface area (Å²) in [6.45, 7) is 4.06. The minimum Gasteiger partial charge on any atom is -0.356 e. The minimum absolute atomic E-state index is 0.0188. The molecule has 0 bridgehead atoms. The first kappa shape index (κ1) is 18.2. The maximum atomic E-state index is 12.5. The molecule has 1 aliphatic rings. The summed E-state index contributed by atoms with van der Waals surface area (Å²) in [6, 6.07) is 14.3. The molecule has 4 heteroatoms. The summed E-state index contributed by atoms with van der Waals surface area (Å²) >= 11 is 0. The summed E-state index contributed by atoms with van der Waals surface area (Å²) < 4.78 is 0. The number of amides is 2. The fourth-order valence-corrected chi connectivity index (χ4v) is 3.42. The van der Waals surface area contributed by atoms with Crippen LogP contribution in [0.5, 0.6) is 0 Å². The van der Waals surface area contributed by atoms with Crippen LogP contribution in [0, 0.1) is 5.92 Å². The van der Waals surface area contributed by atoms with Crippen LogP contribution < -0.4 is 5.32 Å². The molecule has 2 amide bonds. The molecule has 1 saturated heterocycles. The van der Waals surface area contributed by atoms with Crippen LogP contribution in [0.25, 0.3) is 16.8 Å². The van der Waals surface area contributed by atoms with Gasteiger partial charge in [0, 0.05) is 31.6 Å². The standard InChI is InChI=1S/C22H26N2O2/c1-2-14-23-22(26)19-12-15-24(16-13-19)21(25)11-10-18-8-5-7-17-6-3-4-9-20(17)18/h3-11,19H,2,12-16H2,1H3,(H,23,26)/b11-10+. The highest BCUT2D eigenvalue weighted by Crippen LogP contribution is 2.21. The van der Waals surface area contributed by atoms with Crippen LogP contribution in [-0.4, -0.2) is 36.3 Å². The van der Waals surface area contributed by atoms with Crippen molar-refractivity contribution in [1.82, 2.24) is 10.2 Å². The van der Waals surface area contributed by atoms with Crippen molar-refractivity contribution in [3.8, 4) is 0 Å². The average Bonchev–Trinajstić information content (AvgIpc) is 2.70. The lowest BCUT2D eigenvalue weighted by molar-refractivity contribution is -0.132. The number of nitrogens with zero attached hydrogens (tertiary/aromatic N) is 1. The zero-order chi connectivity index (χ0) is 18.4. The lowest BCUT2D eigenvalue weighted by Gasteiger charge is -2.30. The van der Waals surface area contributed by atoms with Gasteiger partial charge in [0.05, 0.1) is 0 Å². The van der Waals surface area contributed by atoms with E-state index in [2.05, 4.69) is 23.5 Å². The van der Waals surface area contributed by atoms with Crippen molar-refractivity contribution >= 4 is 28.7 Å². The van der Waals surface area contributed by atoms with Gasteiger partial charge in [0.2, 0.25) is 11.8 Å². The van der Waals surface area contributed by atoms with Crippen molar-refractivity contribution in [2.75, 3.05) is 19.6 Å². The SMILES string of the molecule is CCCNC(=O)C1CCN(C(=O)/C=C/c2cccc3ccccc23)CC1. The summed E-state index contributed by atoms with van der Waals surface area (Å²) in [5, 5.41) is 5.26. The lowest BCUT2D eigenvalue weighted by atomic mass is 9.95. The van der Waals surface area contributed by atoms with Gasteiger partial charge in [-0.05, 0) is 41.7 Å². The number of hydrogen-bond donors (Lipinski definition) is 1. The van der Waals surface area contributed by atoms with Crippen LogP contribution in [0.1, 0.15) is 31.7 Å². The molecular weight excluding hydrogens is 324 g/mol. The molecule has 26 heavy (non-hydrogen) atoms. The number of likely N-dealkylation sites (tertiary alicyclic amines) is 1. The van der Waals surface area contributed by atoms with E-state index < -0.39 is 0 Å². The Labute approximate surface area is 154 Å². The van der Waals surface area contributed by atoms with Crippen molar-refractivity contribution in [3.63, 3.8) is 0 Å². The predicted octanol–water partition coefficient (Wildman–Crippen LogP) is 3.62. The smallest absolute Gasteiger partial charge is 0.246 e. The Hall–Kier alpha value is -2.62. The third-order valence-corrected chi connectivity index (χ3v) is 4.96. The molecule has 1 heterocycles. The molecule has 0 unspecified atom stereocenters. The first-order valence-electron chi connectivity index (χ1n) is 9.41. The van der Waals surface area contributed by atoms with Crippen LogP contribution in [0.15, 0.2) is 48.5 Å². The number of piperidine rings is 1. The van der Waals surface area contributed by atoms with E-state index in [4.69, 9.17) is 0 Å². The topological polar surface area (TPSA) is 49.4 Å². The normalized spacial score (nSPS) is 15.5. The zero-order valence-corrected chi connectivity index (χ0v) is 15.3. The largest absolute Gasteiger partial charge is 0.356 e. The molecule has 0 aliphatic carbocycles. The molecule has 136 valence electrons. The number of fused-ring (bicyclic) bond motifs is 1. The van der Waals surface area contributed by atoms with E-state index in [-0.39, 0.29) is 17.7 Å². The Kier molecular flexibility index (Phi) is 6.05. The fourth-order valence-electron chi connectivity index (χ4n) is 3.42. The van der Waals surface area contributed by atoms with Gasteiger partial charge in [-0.25, -0.2) is 0 Å². The van der Waals surface area contributed by atoms with Crippen LogP contribution in [0.3, 0.4) is 0 Å². The summed E-state index contributed by atoms with van der Waals surface area (Å²) in [4.78, 5) is 26.4. The maximum Gasteiger partial charge on any atom is 0.246 e. The molecule has 1 fully saturated rings. The van der Waals surface area contributed by atoms with E-state index in [1.165, 1.54) is 5.39 Å². The minimum atomic E-state index is 0.0188. The molecule has 4 nitrogen and oxygen atoms in total. The van der Waals surface area contributed by atoms with E-state index in [9.17, 15) is 9.59 Å². The Morgan fingerprint density at radius 3 is 2.62 bits per heavy atom. The number of carbonyl (C=O) groups is 2. The number of nitrogens with one attached hydrogen (secondary N) is 1. The first-order valence-corrected chi connectivity index (χ1v) is 9.41. The molecule has 1 N–H and O–H groups in total. The second-order valence-corrected chi connectivity index (χ2v) is 6.79. The van der Waals surface area contributed by atoms with Gasteiger partial charge in [0.1, 0.15) is 0 Å². The monoisotopic (exact) mass is 350 g/mol. The van der Waals surface area contributed by atoms with Crippen LogP contribution >= 0.6 is 0 Å². The van der Waals surface area contributed by atoms with Crippen molar-refractivity contribution in [1.29, 1.82) is 0 Å². The Morgan fingerprint density at radius 1 is 1.12 bits per heavy atom. The van der Waals surface area contributed by atoms with E-state index in [0.29, 0.717) is 13.1 Å². The lowest BCUT2D eigenvalue weighted by Crippen LogP contribution is -2.42.